The number of amides is 1. The number of hydrogen-bond donors (Lipinski definition) is 2. The van der Waals surface area contributed by atoms with Crippen molar-refractivity contribution in [1.82, 2.24) is 4.90 Å². The highest BCUT2D eigenvalue weighted by molar-refractivity contribution is 5.83. The van der Waals surface area contributed by atoms with Crippen molar-refractivity contribution in [3.63, 3.8) is 0 Å². The summed E-state index contributed by atoms with van der Waals surface area (Å²) in [7, 11) is 0. The molecule has 0 aromatic heterocycles. The fourth-order valence-corrected chi connectivity index (χ4v) is 2.98. The van der Waals surface area contributed by atoms with Crippen molar-refractivity contribution >= 4 is 5.91 Å². The average molecular weight is 240 g/mol. The van der Waals surface area contributed by atoms with E-state index in [1.54, 1.807) is 0 Å². The fraction of sp³-hybridized carbons (Fsp3) is 0.923. The Kier molecular flexibility index (Phi) is 4.05. The van der Waals surface area contributed by atoms with Crippen LogP contribution < -0.4 is 5.73 Å². The van der Waals surface area contributed by atoms with Crippen LogP contribution in [-0.2, 0) is 4.79 Å². The minimum absolute atomic E-state index is 0.0584. The van der Waals surface area contributed by atoms with Gasteiger partial charge in [-0.05, 0) is 25.7 Å². The molecule has 0 spiro atoms. The number of carbonyl (C=O) groups is 1. The molecule has 1 amide bonds. The molecule has 2 aliphatic carbocycles. The molecule has 0 saturated heterocycles. The molecular formula is C13H24N2O2. The quantitative estimate of drug-likeness (QED) is 0.749. The first-order chi connectivity index (χ1) is 8.23. The van der Waals surface area contributed by atoms with Crippen molar-refractivity contribution in [2.24, 2.45) is 11.1 Å². The summed E-state index contributed by atoms with van der Waals surface area (Å²) in [4.78, 5) is 14.5. The predicted molar refractivity (Wildman–Crippen MR) is 66.4 cm³/mol. The van der Waals surface area contributed by atoms with Crippen molar-refractivity contribution in [3.8, 4) is 0 Å². The summed E-state index contributed by atoms with van der Waals surface area (Å²) in [6.07, 6.45) is 7.48. The molecule has 2 rings (SSSR count). The van der Waals surface area contributed by atoms with E-state index in [4.69, 9.17) is 10.8 Å². The first-order valence-electron chi connectivity index (χ1n) is 6.85. The van der Waals surface area contributed by atoms with Gasteiger partial charge in [0.2, 0.25) is 5.91 Å². The van der Waals surface area contributed by atoms with E-state index in [0.717, 1.165) is 38.5 Å². The van der Waals surface area contributed by atoms with Gasteiger partial charge in [0.1, 0.15) is 0 Å². The molecule has 2 fully saturated rings. The van der Waals surface area contributed by atoms with Gasteiger partial charge in [-0.3, -0.25) is 4.79 Å². The molecule has 0 atom stereocenters. The van der Waals surface area contributed by atoms with Gasteiger partial charge in [0.15, 0.2) is 0 Å². The zero-order valence-electron chi connectivity index (χ0n) is 10.5. The lowest BCUT2D eigenvalue weighted by Crippen LogP contribution is -2.50. The molecule has 0 radical (unpaired) electrons. The van der Waals surface area contributed by atoms with Crippen LogP contribution in [0.3, 0.4) is 0 Å². The van der Waals surface area contributed by atoms with Gasteiger partial charge in [-0.2, -0.15) is 0 Å². The van der Waals surface area contributed by atoms with Gasteiger partial charge in [0, 0.05) is 19.1 Å². The third-order valence-electron chi connectivity index (χ3n) is 4.24. The van der Waals surface area contributed by atoms with E-state index in [0.29, 0.717) is 19.1 Å². The van der Waals surface area contributed by atoms with Gasteiger partial charge in [-0.15, -0.1) is 0 Å². The van der Waals surface area contributed by atoms with E-state index in [-0.39, 0.29) is 17.9 Å². The minimum atomic E-state index is -0.323. The van der Waals surface area contributed by atoms with Crippen LogP contribution in [-0.4, -0.2) is 41.7 Å². The number of aliphatic hydroxyl groups excluding tert-OH is 1. The van der Waals surface area contributed by atoms with E-state index in [1.807, 2.05) is 4.90 Å². The zero-order chi connectivity index (χ0) is 12.3. The van der Waals surface area contributed by atoms with Crippen molar-refractivity contribution in [3.05, 3.63) is 0 Å². The number of rotatable bonds is 5. The van der Waals surface area contributed by atoms with E-state index in [1.165, 1.54) is 6.42 Å². The second kappa shape index (κ2) is 5.36. The maximum atomic E-state index is 12.7. The van der Waals surface area contributed by atoms with Crippen LogP contribution in [0, 0.1) is 5.41 Å². The average Bonchev–Trinajstić information content (AvgIpc) is 3.20. The normalized spacial score (nSPS) is 23.4. The van der Waals surface area contributed by atoms with Gasteiger partial charge in [-0.1, -0.05) is 19.3 Å². The summed E-state index contributed by atoms with van der Waals surface area (Å²) < 4.78 is 0. The van der Waals surface area contributed by atoms with Crippen LogP contribution in [0.4, 0.5) is 0 Å². The summed E-state index contributed by atoms with van der Waals surface area (Å²) in [5, 5.41) is 9.09. The Labute approximate surface area is 103 Å². The molecule has 2 aliphatic rings. The van der Waals surface area contributed by atoms with Crippen LogP contribution in [0.5, 0.6) is 0 Å². The Hall–Kier alpha value is -0.610. The summed E-state index contributed by atoms with van der Waals surface area (Å²) >= 11 is 0. The molecule has 3 N–H and O–H groups in total. The molecule has 0 aromatic carbocycles. The highest BCUT2D eigenvalue weighted by Crippen LogP contribution is 2.39. The Morgan fingerprint density at radius 3 is 2.41 bits per heavy atom. The predicted octanol–water partition coefficient (Wildman–Crippen LogP) is 0.879. The van der Waals surface area contributed by atoms with E-state index >= 15 is 0 Å². The highest BCUT2D eigenvalue weighted by atomic mass is 16.3. The molecule has 0 aliphatic heterocycles. The molecule has 4 heteroatoms. The minimum Gasteiger partial charge on any atom is -0.395 e. The second-order valence-corrected chi connectivity index (χ2v) is 5.50. The van der Waals surface area contributed by atoms with Gasteiger partial charge in [0.25, 0.3) is 0 Å². The first-order valence-corrected chi connectivity index (χ1v) is 6.85. The van der Waals surface area contributed by atoms with E-state index in [9.17, 15) is 4.79 Å². The van der Waals surface area contributed by atoms with Crippen LogP contribution in [0.2, 0.25) is 0 Å². The largest absolute Gasteiger partial charge is 0.395 e. The van der Waals surface area contributed by atoms with Crippen LogP contribution in [0.1, 0.15) is 44.9 Å². The summed E-state index contributed by atoms with van der Waals surface area (Å²) in [6, 6.07) is 0.375. The number of nitrogens with two attached hydrogens (primary N) is 1. The fourth-order valence-electron chi connectivity index (χ4n) is 2.98. The molecule has 0 bridgehead atoms. The van der Waals surface area contributed by atoms with E-state index in [2.05, 4.69) is 0 Å². The maximum absolute atomic E-state index is 12.7. The van der Waals surface area contributed by atoms with Gasteiger partial charge in [-0.25, -0.2) is 0 Å². The lowest BCUT2D eigenvalue weighted by Gasteiger charge is -2.39. The molecule has 0 heterocycles. The Morgan fingerprint density at radius 1 is 1.29 bits per heavy atom. The molecule has 17 heavy (non-hydrogen) atoms. The molecule has 98 valence electrons. The van der Waals surface area contributed by atoms with E-state index < -0.39 is 0 Å². The topological polar surface area (TPSA) is 66.6 Å². The Balaban J connectivity index is 2.08. The molecule has 0 unspecified atom stereocenters. The summed E-state index contributed by atoms with van der Waals surface area (Å²) in [5.74, 6) is 0.205. The van der Waals surface area contributed by atoms with Crippen molar-refractivity contribution in [1.29, 1.82) is 0 Å². The molecule has 2 saturated carbocycles. The maximum Gasteiger partial charge on any atom is 0.230 e. The highest BCUT2D eigenvalue weighted by Gasteiger charge is 2.44. The third-order valence-corrected chi connectivity index (χ3v) is 4.24. The lowest BCUT2D eigenvalue weighted by molar-refractivity contribution is -0.144. The molecule has 4 nitrogen and oxygen atoms in total. The number of aliphatic hydroxyl groups is 1. The van der Waals surface area contributed by atoms with Gasteiger partial charge >= 0.3 is 0 Å². The third kappa shape index (κ3) is 2.63. The van der Waals surface area contributed by atoms with Gasteiger partial charge < -0.3 is 15.7 Å². The number of nitrogens with zero attached hydrogens (tertiary/aromatic N) is 1. The van der Waals surface area contributed by atoms with Crippen LogP contribution >= 0.6 is 0 Å². The van der Waals surface area contributed by atoms with Crippen LogP contribution in [0.15, 0.2) is 0 Å². The Bertz CT molecular complexity index is 271. The smallest absolute Gasteiger partial charge is 0.230 e. The van der Waals surface area contributed by atoms with Crippen LogP contribution in [0.25, 0.3) is 0 Å². The number of hydrogen-bond acceptors (Lipinski definition) is 3. The molecule has 0 aromatic rings. The van der Waals surface area contributed by atoms with Crippen molar-refractivity contribution in [2.45, 2.75) is 51.0 Å². The lowest BCUT2D eigenvalue weighted by atomic mass is 9.73. The monoisotopic (exact) mass is 240 g/mol. The first kappa shape index (κ1) is 12.8. The number of carbonyl (C=O) groups excluding carboxylic acids is 1. The Morgan fingerprint density at radius 2 is 1.94 bits per heavy atom. The summed E-state index contributed by atoms with van der Waals surface area (Å²) in [5.41, 5.74) is 5.56. The second-order valence-electron chi connectivity index (χ2n) is 5.50. The molecular weight excluding hydrogens is 216 g/mol. The van der Waals surface area contributed by atoms with Gasteiger partial charge in [0.05, 0.1) is 12.0 Å². The SMILES string of the molecule is NCC1(C(=O)N(CCO)C2CC2)CCCCC1. The zero-order valence-corrected chi connectivity index (χ0v) is 10.5. The van der Waals surface area contributed by atoms with Crippen molar-refractivity contribution in [2.75, 3.05) is 19.7 Å². The summed E-state index contributed by atoms with van der Waals surface area (Å²) in [6.45, 7) is 0.995. The standard InChI is InChI=1S/C13H24N2O2/c14-10-13(6-2-1-3-7-13)12(17)15(8-9-16)11-4-5-11/h11,16H,1-10,14H2. The van der Waals surface area contributed by atoms with Crippen molar-refractivity contribution < 1.29 is 9.90 Å².